The molecule has 0 heterocycles. The summed E-state index contributed by atoms with van der Waals surface area (Å²) in [5, 5.41) is 5.05. The Hall–Kier alpha value is -3.20. The summed E-state index contributed by atoms with van der Waals surface area (Å²) in [5.41, 5.74) is 1.41. The summed E-state index contributed by atoms with van der Waals surface area (Å²) in [7, 11) is -2.24. The van der Waals surface area contributed by atoms with Crippen LogP contribution in [0.3, 0.4) is 0 Å². The van der Waals surface area contributed by atoms with Crippen molar-refractivity contribution in [3.63, 3.8) is 0 Å². The molecule has 0 aliphatic carbocycles. The van der Waals surface area contributed by atoms with Crippen LogP contribution in [0, 0.1) is 6.92 Å². The fourth-order valence-corrected chi connectivity index (χ4v) is 2.99. The number of hydrogen-bond donors (Lipinski definition) is 2. The molecule has 2 rings (SSSR count). The second-order valence-electron chi connectivity index (χ2n) is 6.04. The van der Waals surface area contributed by atoms with E-state index >= 15 is 0 Å². The number of amides is 2. The van der Waals surface area contributed by atoms with E-state index in [2.05, 4.69) is 15.4 Å². The molecule has 0 fully saturated rings. The fourth-order valence-electron chi connectivity index (χ4n) is 2.34. The Bertz CT molecular complexity index is 1030. The van der Waals surface area contributed by atoms with E-state index in [0.29, 0.717) is 11.3 Å². The molecule has 2 amide bonds. The minimum absolute atomic E-state index is 0.0409. The van der Waals surface area contributed by atoms with Crippen LogP contribution in [0.5, 0.6) is 0 Å². The van der Waals surface area contributed by atoms with Crippen LogP contribution in [-0.2, 0) is 19.4 Å². The van der Waals surface area contributed by atoms with Crippen molar-refractivity contribution in [3.8, 4) is 0 Å². The van der Waals surface area contributed by atoms with Gasteiger partial charge in [0.15, 0.2) is 9.84 Å². The number of esters is 1. The van der Waals surface area contributed by atoms with Crippen molar-refractivity contribution in [2.24, 2.45) is 0 Å². The molecular weight excluding hydrogens is 384 g/mol. The first-order valence-electron chi connectivity index (χ1n) is 8.19. The first-order valence-corrected chi connectivity index (χ1v) is 10.1. The Kier molecular flexibility index (Phi) is 6.53. The van der Waals surface area contributed by atoms with E-state index in [9.17, 15) is 22.8 Å². The molecule has 2 aromatic rings. The van der Waals surface area contributed by atoms with E-state index in [0.717, 1.165) is 6.26 Å². The quantitative estimate of drug-likeness (QED) is 0.705. The standard InChI is InChI=1S/C19H20N2O6S/c1-12-7-8-15(28(3,25)26)10-16(12)19(24)21-14-6-4-5-13(9-14)18(23)20-11-17(22)27-2/h4-10H,11H2,1-3H3,(H,20,23)(H,21,24). The monoisotopic (exact) mass is 404 g/mol. The molecule has 0 aromatic heterocycles. The Balaban J connectivity index is 2.19. The number of aryl methyl sites for hydroxylation is 1. The number of carbonyl (C=O) groups is 3. The van der Waals surface area contributed by atoms with Gasteiger partial charge in [-0.3, -0.25) is 14.4 Å². The van der Waals surface area contributed by atoms with Crippen molar-refractivity contribution in [3.05, 3.63) is 59.2 Å². The van der Waals surface area contributed by atoms with Crippen LogP contribution < -0.4 is 10.6 Å². The fraction of sp³-hybridized carbons (Fsp3) is 0.211. The van der Waals surface area contributed by atoms with Crippen LogP contribution in [0.25, 0.3) is 0 Å². The molecule has 0 saturated carbocycles. The lowest BCUT2D eigenvalue weighted by molar-refractivity contribution is -0.139. The molecule has 148 valence electrons. The van der Waals surface area contributed by atoms with Gasteiger partial charge in [0.05, 0.1) is 12.0 Å². The highest BCUT2D eigenvalue weighted by Gasteiger charge is 2.15. The molecule has 0 bridgehead atoms. The first kappa shape index (κ1) is 21.1. The lowest BCUT2D eigenvalue weighted by atomic mass is 10.1. The van der Waals surface area contributed by atoms with Crippen LogP contribution in [0.15, 0.2) is 47.4 Å². The largest absolute Gasteiger partial charge is 0.468 e. The summed E-state index contributed by atoms with van der Waals surface area (Å²) in [6, 6.07) is 10.4. The van der Waals surface area contributed by atoms with Gasteiger partial charge in [0, 0.05) is 23.1 Å². The lowest BCUT2D eigenvalue weighted by Crippen LogP contribution is -2.30. The SMILES string of the molecule is COC(=O)CNC(=O)c1cccc(NC(=O)c2cc(S(C)(=O)=O)ccc2C)c1. The van der Waals surface area contributed by atoms with Crippen molar-refractivity contribution in [2.75, 3.05) is 25.2 Å². The number of rotatable bonds is 6. The molecule has 0 aliphatic rings. The minimum atomic E-state index is -3.45. The molecule has 0 aliphatic heterocycles. The van der Waals surface area contributed by atoms with Crippen molar-refractivity contribution in [1.29, 1.82) is 0 Å². The number of nitrogens with one attached hydrogen (secondary N) is 2. The third-order valence-electron chi connectivity index (χ3n) is 3.89. The van der Waals surface area contributed by atoms with Gasteiger partial charge in [0.1, 0.15) is 6.54 Å². The summed E-state index contributed by atoms with van der Waals surface area (Å²) in [5.74, 6) is -1.59. The van der Waals surface area contributed by atoms with Crippen molar-refractivity contribution in [2.45, 2.75) is 11.8 Å². The maximum absolute atomic E-state index is 12.6. The van der Waals surface area contributed by atoms with Crippen LogP contribution in [0.4, 0.5) is 5.69 Å². The second-order valence-corrected chi connectivity index (χ2v) is 8.06. The number of hydrogen-bond acceptors (Lipinski definition) is 6. The van der Waals surface area contributed by atoms with Gasteiger partial charge in [0.2, 0.25) is 0 Å². The zero-order valence-electron chi connectivity index (χ0n) is 15.6. The van der Waals surface area contributed by atoms with Crippen molar-refractivity contribution >= 4 is 33.3 Å². The van der Waals surface area contributed by atoms with Gasteiger partial charge < -0.3 is 15.4 Å². The second kappa shape index (κ2) is 8.66. The van der Waals surface area contributed by atoms with Gasteiger partial charge in [-0.25, -0.2) is 8.42 Å². The number of sulfone groups is 1. The molecule has 8 nitrogen and oxygen atoms in total. The van der Waals surface area contributed by atoms with Crippen molar-refractivity contribution in [1.82, 2.24) is 5.32 Å². The average Bonchev–Trinajstić information content (AvgIpc) is 2.65. The summed E-state index contributed by atoms with van der Waals surface area (Å²) < 4.78 is 27.9. The highest BCUT2D eigenvalue weighted by molar-refractivity contribution is 7.90. The van der Waals surface area contributed by atoms with Gasteiger partial charge in [-0.15, -0.1) is 0 Å². The zero-order valence-corrected chi connectivity index (χ0v) is 16.4. The van der Waals surface area contributed by atoms with Crippen molar-refractivity contribution < 1.29 is 27.5 Å². The zero-order chi connectivity index (χ0) is 20.9. The highest BCUT2D eigenvalue weighted by atomic mass is 32.2. The topological polar surface area (TPSA) is 119 Å². The predicted octanol–water partition coefficient (Wildman–Crippen LogP) is 1.55. The minimum Gasteiger partial charge on any atom is -0.468 e. The van der Waals surface area contributed by atoms with E-state index in [4.69, 9.17) is 0 Å². The number of benzene rings is 2. The molecule has 2 N–H and O–H groups in total. The Morgan fingerprint density at radius 1 is 1.04 bits per heavy atom. The highest BCUT2D eigenvalue weighted by Crippen LogP contribution is 2.18. The average molecular weight is 404 g/mol. The van der Waals surface area contributed by atoms with Gasteiger partial charge in [-0.2, -0.15) is 0 Å². The normalized spacial score (nSPS) is 10.8. The van der Waals surface area contributed by atoms with E-state index in [1.807, 2.05) is 0 Å². The molecule has 0 spiro atoms. The van der Waals surface area contributed by atoms with E-state index < -0.39 is 27.6 Å². The van der Waals surface area contributed by atoms with Gasteiger partial charge in [0.25, 0.3) is 11.8 Å². The molecule has 9 heteroatoms. The molecular formula is C19H20N2O6S. The Morgan fingerprint density at radius 3 is 2.39 bits per heavy atom. The van der Waals surface area contributed by atoms with E-state index in [-0.39, 0.29) is 22.6 Å². The molecule has 0 unspecified atom stereocenters. The third kappa shape index (κ3) is 5.40. The smallest absolute Gasteiger partial charge is 0.325 e. The number of methoxy groups -OCH3 is 1. The summed E-state index contributed by atoms with van der Waals surface area (Å²) in [6.45, 7) is 1.42. The van der Waals surface area contributed by atoms with Crippen LogP contribution >= 0.6 is 0 Å². The third-order valence-corrected chi connectivity index (χ3v) is 5.00. The van der Waals surface area contributed by atoms with E-state index in [1.165, 1.54) is 31.4 Å². The molecule has 0 saturated heterocycles. The van der Waals surface area contributed by atoms with Gasteiger partial charge in [-0.05, 0) is 42.8 Å². The summed E-state index contributed by atoms with van der Waals surface area (Å²) in [4.78, 5) is 35.8. The first-order chi connectivity index (χ1) is 13.1. The predicted molar refractivity (Wildman–Crippen MR) is 103 cm³/mol. The van der Waals surface area contributed by atoms with Crippen LogP contribution in [0.2, 0.25) is 0 Å². The maximum atomic E-state index is 12.6. The Labute approximate surface area is 162 Å². The lowest BCUT2D eigenvalue weighted by Gasteiger charge is -2.10. The molecule has 0 radical (unpaired) electrons. The molecule has 28 heavy (non-hydrogen) atoms. The molecule has 2 aromatic carbocycles. The number of anilines is 1. The van der Waals surface area contributed by atoms with E-state index in [1.54, 1.807) is 25.1 Å². The van der Waals surface area contributed by atoms with Gasteiger partial charge >= 0.3 is 5.97 Å². The summed E-state index contributed by atoms with van der Waals surface area (Å²) in [6.07, 6.45) is 1.07. The number of carbonyl (C=O) groups excluding carboxylic acids is 3. The van der Waals surface area contributed by atoms with Crippen LogP contribution in [-0.4, -0.2) is 46.1 Å². The Morgan fingerprint density at radius 2 is 1.75 bits per heavy atom. The van der Waals surface area contributed by atoms with Gasteiger partial charge in [-0.1, -0.05) is 12.1 Å². The molecule has 0 atom stereocenters. The summed E-state index contributed by atoms with van der Waals surface area (Å²) >= 11 is 0. The number of ether oxygens (including phenoxy) is 1. The van der Waals surface area contributed by atoms with Crippen LogP contribution in [0.1, 0.15) is 26.3 Å². The maximum Gasteiger partial charge on any atom is 0.325 e.